The molecule has 0 N–H and O–H groups in total. The van der Waals surface area contributed by atoms with Crippen LogP contribution in [0, 0.1) is 6.92 Å². The molecule has 7 nitrogen and oxygen atoms in total. The van der Waals surface area contributed by atoms with E-state index >= 15 is 0 Å². The molecule has 3 atom stereocenters. The molecule has 3 aliphatic heterocycles. The molecule has 1 aromatic heterocycles. The van der Waals surface area contributed by atoms with Crippen LogP contribution in [0.1, 0.15) is 36.0 Å². The molecule has 0 radical (unpaired) electrons. The van der Waals surface area contributed by atoms with Gasteiger partial charge in [0.15, 0.2) is 5.72 Å². The van der Waals surface area contributed by atoms with Gasteiger partial charge in [-0.05, 0) is 12.5 Å². The van der Waals surface area contributed by atoms with Gasteiger partial charge >= 0.3 is 0 Å². The van der Waals surface area contributed by atoms with Crippen molar-refractivity contribution in [1.82, 2.24) is 15.0 Å². The summed E-state index contributed by atoms with van der Waals surface area (Å²) in [5, 5.41) is 3.84. The van der Waals surface area contributed by atoms with E-state index in [2.05, 4.69) is 5.16 Å². The second-order valence-electron chi connectivity index (χ2n) is 7.53. The van der Waals surface area contributed by atoms with Crippen molar-refractivity contribution < 1.29 is 18.8 Å². The topological polar surface area (TPSA) is 75.9 Å². The molecule has 27 heavy (non-hydrogen) atoms. The lowest BCUT2D eigenvalue weighted by Crippen LogP contribution is -2.49. The number of rotatable bonds is 3. The van der Waals surface area contributed by atoms with Gasteiger partial charge in [-0.25, -0.2) is 0 Å². The quantitative estimate of drug-likeness (QED) is 0.827. The molecule has 3 saturated heterocycles. The normalized spacial score (nSPS) is 29.3. The van der Waals surface area contributed by atoms with E-state index in [1.807, 2.05) is 42.2 Å². The smallest absolute Gasteiger partial charge is 0.230 e. The Bertz CT molecular complexity index is 896. The first kappa shape index (κ1) is 16.5. The van der Waals surface area contributed by atoms with E-state index in [1.54, 1.807) is 11.0 Å². The fraction of sp³-hybridized carbons (Fsp3) is 0.450. The zero-order valence-electron chi connectivity index (χ0n) is 15.1. The van der Waals surface area contributed by atoms with Crippen LogP contribution >= 0.6 is 0 Å². The Morgan fingerprint density at radius 2 is 2.15 bits per heavy atom. The van der Waals surface area contributed by atoms with Crippen molar-refractivity contribution in [2.24, 2.45) is 0 Å². The third-order valence-electron chi connectivity index (χ3n) is 5.92. The van der Waals surface area contributed by atoms with Gasteiger partial charge in [-0.3, -0.25) is 9.59 Å². The maximum atomic E-state index is 12.9. The summed E-state index contributed by atoms with van der Waals surface area (Å²) < 4.78 is 11.6. The lowest BCUT2D eigenvalue weighted by atomic mass is 10.1. The van der Waals surface area contributed by atoms with Crippen LogP contribution in [0.25, 0.3) is 0 Å². The Hall–Kier alpha value is -2.67. The monoisotopic (exact) mass is 367 g/mol. The van der Waals surface area contributed by atoms with Crippen molar-refractivity contribution in [2.45, 2.75) is 44.1 Å². The Kier molecular flexibility index (Phi) is 3.62. The van der Waals surface area contributed by atoms with Crippen molar-refractivity contribution in [2.75, 3.05) is 13.1 Å². The minimum absolute atomic E-state index is 0.0468. The number of carbonyl (C=O) groups excluding carboxylic acids is 2. The molecule has 7 heteroatoms. The molecule has 140 valence electrons. The van der Waals surface area contributed by atoms with Crippen molar-refractivity contribution in [3.8, 4) is 0 Å². The fourth-order valence-corrected chi connectivity index (χ4v) is 4.71. The molecule has 0 saturated carbocycles. The third kappa shape index (κ3) is 2.49. The first-order valence-electron chi connectivity index (χ1n) is 9.32. The molecular weight excluding hydrogens is 346 g/mol. The predicted molar refractivity (Wildman–Crippen MR) is 94.4 cm³/mol. The third-order valence-corrected chi connectivity index (χ3v) is 5.92. The molecule has 0 unspecified atom stereocenters. The van der Waals surface area contributed by atoms with Crippen LogP contribution in [-0.4, -0.2) is 51.6 Å². The number of aromatic nitrogens is 1. The standard InChI is InChI=1S/C20H21N3O4/c1-13-9-15(27-21-13)10-18(24)22-8-7-20-17(22)11-19(25)23(20)12-16(26-20)14-5-3-2-4-6-14/h2-6,9,16-17H,7-8,10-12H2,1H3/t16-,17+,20-/m0/s1. The number of nitrogens with zero attached hydrogens (tertiary/aromatic N) is 3. The van der Waals surface area contributed by atoms with Gasteiger partial charge in [-0.2, -0.15) is 0 Å². The summed E-state index contributed by atoms with van der Waals surface area (Å²) in [6, 6.07) is 11.5. The van der Waals surface area contributed by atoms with Gasteiger partial charge in [0.05, 0.1) is 31.1 Å². The van der Waals surface area contributed by atoms with E-state index in [9.17, 15) is 9.59 Å². The number of aryl methyl sites for hydroxylation is 1. The number of hydrogen-bond donors (Lipinski definition) is 0. The highest BCUT2D eigenvalue weighted by Crippen LogP contribution is 2.50. The average molecular weight is 367 g/mol. The lowest BCUT2D eigenvalue weighted by molar-refractivity contribution is -0.142. The lowest BCUT2D eigenvalue weighted by Gasteiger charge is -2.31. The SMILES string of the molecule is Cc1cc(CC(=O)N2CC[C@@]34O[C@H](c5ccccc5)CN3C(=O)C[C@@H]24)on1. The molecule has 0 bridgehead atoms. The number of amides is 2. The Balaban J connectivity index is 1.38. The summed E-state index contributed by atoms with van der Waals surface area (Å²) >= 11 is 0. The van der Waals surface area contributed by atoms with Crippen molar-refractivity contribution in [1.29, 1.82) is 0 Å². The van der Waals surface area contributed by atoms with Crippen LogP contribution in [0.4, 0.5) is 0 Å². The van der Waals surface area contributed by atoms with E-state index in [1.165, 1.54) is 0 Å². The highest BCUT2D eigenvalue weighted by Gasteiger charge is 2.64. The summed E-state index contributed by atoms with van der Waals surface area (Å²) in [5.74, 6) is 0.565. The zero-order valence-corrected chi connectivity index (χ0v) is 15.1. The van der Waals surface area contributed by atoms with Crippen molar-refractivity contribution in [3.63, 3.8) is 0 Å². The van der Waals surface area contributed by atoms with E-state index in [0.717, 1.165) is 11.3 Å². The molecule has 1 spiro atoms. The second kappa shape index (κ2) is 5.92. The molecule has 3 fully saturated rings. The first-order valence-corrected chi connectivity index (χ1v) is 9.32. The van der Waals surface area contributed by atoms with Crippen molar-refractivity contribution >= 4 is 11.8 Å². The van der Waals surface area contributed by atoms with E-state index in [4.69, 9.17) is 9.26 Å². The number of carbonyl (C=O) groups is 2. The van der Waals surface area contributed by atoms with Crippen LogP contribution in [0.15, 0.2) is 40.9 Å². The largest absolute Gasteiger partial charge is 0.361 e. The Morgan fingerprint density at radius 3 is 2.89 bits per heavy atom. The number of ether oxygens (including phenoxy) is 1. The van der Waals surface area contributed by atoms with Gasteiger partial charge < -0.3 is 19.1 Å². The van der Waals surface area contributed by atoms with E-state index in [-0.39, 0.29) is 30.4 Å². The number of hydrogen-bond acceptors (Lipinski definition) is 5. The van der Waals surface area contributed by atoms with Gasteiger partial charge in [0, 0.05) is 19.0 Å². The van der Waals surface area contributed by atoms with Gasteiger partial charge in [0.2, 0.25) is 11.8 Å². The fourth-order valence-electron chi connectivity index (χ4n) is 4.71. The van der Waals surface area contributed by atoms with Gasteiger partial charge in [0.1, 0.15) is 11.9 Å². The highest BCUT2D eigenvalue weighted by atomic mass is 16.5. The number of benzene rings is 1. The van der Waals surface area contributed by atoms with Crippen LogP contribution in [-0.2, 0) is 20.7 Å². The maximum absolute atomic E-state index is 12.9. The summed E-state index contributed by atoms with van der Waals surface area (Å²) in [5.41, 5.74) is 1.13. The molecule has 5 rings (SSSR count). The second-order valence-corrected chi connectivity index (χ2v) is 7.53. The molecule has 2 amide bonds. The minimum Gasteiger partial charge on any atom is -0.361 e. The van der Waals surface area contributed by atoms with Crippen LogP contribution < -0.4 is 0 Å². The molecule has 0 aliphatic carbocycles. The average Bonchev–Trinajstić information content (AvgIpc) is 3.38. The molecular formula is C20H21N3O4. The summed E-state index contributed by atoms with van der Waals surface area (Å²) in [6.45, 7) is 2.95. The molecule has 1 aromatic carbocycles. The highest BCUT2D eigenvalue weighted by molar-refractivity contribution is 5.85. The molecule has 4 heterocycles. The first-order chi connectivity index (χ1) is 13.1. The van der Waals surface area contributed by atoms with Gasteiger partial charge in [-0.1, -0.05) is 35.5 Å². The maximum Gasteiger partial charge on any atom is 0.230 e. The summed E-state index contributed by atoms with van der Waals surface area (Å²) in [6.07, 6.45) is 0.977. The molecule has 3 aliphatic rings. The van der Waals surface area contributed by atoms with E-state index in [0.29, 0.717) is 31.7 Å². The van der Waals surface area contributed by atoms with E-state index < -0.39 is 5.72 Å². The van der Waals surface area contributed by atoms with Crippen LogP contribution in [0.2, 0.25) is 0 Å². The minimum atomic E-state index is -0.690. The Labute approximate surface area is 156 Å². The summed E-state index contributed by atoms with van der Waals surface area (Å²) in [4.78, 5) is 29.2. The molecule has 2 aromatic rings. The Morgan fingerprint density at radius 1 is 1.33 bits per heavy atom. The predicted octanol–water partition coefficient (Wildman–Crippen LogP) is 1.83. The summed E-state index contributed by atoms with van der Waals surface area (Å²) in [7, 11) is 0. The van der Waals surface area contributed by atoms with Crippen molar-refractivity contribution in [3.05, 3.63) is 53.4 Å². The van der Waals surface area contributed by atoms with Crippen LogP contribution in [0.3, 0.4) is 0 Å². The van der Waals surface area contributed by atoms with Crippen LogP contribution in [0.5, 0.6) is 0 Å². The number of likely N-dealkylation sites (tertiary alicyclic amines) is 1. The zero-order chi connectivity index (χ0) is 18.6. The van der Waals surface area contributed by atoms with Gasteiger partial charge in [0.25, 0.3) is 0 Å². The van der Waals surface area contributed by atoms with Gasteiger partial charge in [-0.15, -0.1) is 0 Å².